The standard InChI is InChI=1S/C56H36N2O/c1-2-17-41(18-3-1)58-52-27-11-10-23-50(52)56-54(58)51-26-13-25-47(55(51)59-56)39-30-34-43(35-31-39)57(53-36-40-15-5-7-20-46(40)48-21-8-9-22-49(48)53)42-32-28-38(29-33-42)45-24-12-16-37-14-4-6-19-44(37)45/h1-36H. The van der Waals surface area contributed by atoms with E-state index in [0.29, 0.717) is 0 Å². The van der Waals surface area contributed by atoms with Gasteiger partial charge in [0.25, 0.3) is 0 Å². The molecule has 12 aromatic rings. The lowest BCUT2D eigenvalue weighted by Gasteiger charge is -2.28. The highest BCUT2D eigenvalue weighted by Gasteiger charge is 2.22. The maximum Gasteiger partial charge on any atom is 0.161 e. The van der Waals surface area contributed by atoms with Crippen LogP contribution in [0.25, 0.3) is 93.2 Å². The van der Waals surface area contributed by atoms with Gasteiger partial charge in [-0.25, -0.2) is 0 Å². The van der Waals surface area contributed by atoms with E-state index in [2.05, 4.69) is 228 Å². The first-order valence-electron chi connectivity index (χ1n) is 20.2. The molecule has 0 saturated carbocycles. The van der Waals surface area contributed by atoms with Gasteiger partial charge in [-0.3, -0.25) is 0 Å². The maximum absolute atomic E-state index is 6.90. The van der Waals surface area contributed by atoms with E-state index >= 15 is 0 Å². The average molecular weight is 753 g/mol. The van der Waals surface area contributed by atoms with E-state index in [1.54, 1.807) is 0 Å². The number of hydrogen-bond donors (Lipinski definition) is 0. The Balaban J connectivity index is 1.02. The highest BCUT2D eigenvalue weighted by molar-refractivity contribution is 6.19. The second kappa shape index (κ2) is 13.4. The molecule has 3 heteroatoms. The van der Waals surface area contributed by atoms with E-state index in [9.17, 15) is 0 Å². The predicted molar refractivity (Wildman–Crippen MR) is 249 cm³/mol. The lowest BCUT2D eigenvalue weighted by atomic mass is 9.97. The molecule has 59 heavy (non-hydrogen) atoms. The third-order valence-corrected chi connectivity index (χ3v) is 12.0. The molecule has 0 fully saturated rings. The number of hydrogen-bond acceptors (Lipinski definition) is 2. The molecule has 0 aliphatic rings. The second-order valence-corrected chi connectivity index (χ2v) is 15.3. The van der Waals surface area contributed by atoms with Gasteiger partial charge in [-0.1, -0.05) is 158 Å². The number of para-hydroxylation sites is 3. The molecule has 0 radical (unpaired) electrons. The second-order valence-electron chi connectivity index (χ2n) is 15.3. The molecular formula is C56H36N2O. The van der Waals surface area contributed by atoms with Crippen LogP contribution in [0.2, 0.25) is 0 Å². The molecule has 0 saturated heterocycles. The van der Waals surface area contributed by atoms with Crippen molar-refractivity contribution in [2.24, 2.45) is 0 Å². The molecule has 0 aliphatic carbocycles. The molecule has 0 spiro atoms. The number of nitrogens with zero attached hydrogens (tertiary/aromatic N) is 2. The van der Waals surface area contributed by atoms with Crippen molar-refractivity contribution in [3.63, 3.8) is 0 Å². The number of rotatable bonds is 6. The van der Waals surface area contributed by atoms with E-state index in [0.717, 1.165) is 66.8 Å². The third-order valence-electron chi connectivity index (χ3n) is 12.0. The summed E-state index contributed by atoms with van der Waals surface area (Å²) in [5, 5.41) is 9.59. The Bertz CT molecular complexity index is 3540. The first-order valence-corrected chi connectivity index (χ1v) is 20.2. The van der Waals surface area contributed by atoms with Crippen LogP contribution in [-0.2, 0) is 0 Å². The van der Waals surface area contributed by atoms with Gasteiger partial charge < -0.3 is 13.9 Å². The molecule has 2 aromatic heterocycles. The molecule has 0 N–H and O–H groups in total. The van der Waals surface area contributed by atoms with Crippen LogP contribution in [0.3, 0.4) is 0 Å². The quantitative estimate of drug-likeness (QED) is 0.158. The van der Waals surface area contributed by atoms with Crippen molar-refractivity contribution >= 4 is 82.4 Å². The van der Waals surface area contributed by atoms with Gasteiger partial charge in [0.2, 0.25) is 0 Å². The smallest absolute Gasteiger partial charge is 0.161 e. The fraction of sp³-hybridized carbons (Fsp3) is 0. The van der Waals surface area contributed by atoms with Crippen molar-refractivity contribution in [3.05, 3.63) is 218 Å². The number of furan rings is 1. The molecule has 0 bridgehead atoms. The first kappa shape index (κ1) is 33.3. The van der Waals surface area contributed by atoms with Crippen LogP contribution in [0, 0.1) is 0 Å². The molecule has 12 rings (SSSR count). The molecule has 0 amide bonds. The Kier molecular flexibility index (Phi) is 7.54. The van der Waals surface area contributed by atoms with E-state index in [1.165, 1.54) is 43.4 Å². The van der Waals surface area contributed by atoms with E-state index < -0.39 is 0 Å². The summed E-state index contributed by atoms with van der Waals surface area (Å²) in [7, 11) is 0. The molecule has 0 aliphatic heterocycles. The Hall–Kier alpha value is -7.88. The predicted octanol–water partition coefficient (Wildman–Crippen LogP) is 15.8. The number of benzene rings is 10. The summed E-state index contributed by atoms with van der Waals surface area (Å²) >= 11 is 0. The maximum atomic E-state index is 6.90. The van der Waals surface area contributed by atoms with Crippen LogP contribution in [0.15, 0.2) is 223 Å². The molecular weight excluding hydrogens is 717 g/mol. The van der Waals surface area contributed by atoms with Gasteiger partial charge in [0.15, 0.2) is 5.58 Å². The van der Waals surface area contributed by atoms with Crippen molar-refractivity contribution in [1.82, 2.24) is 4.57 Å². The summed E-state index contributed by atoms with van der Waals surface area (Å²) in [5.74, 6) is 0. The summed E-state index contributed by atoms with van der Waals surface area (Å²) in [4.78, 5) is 2.40. The van der Waals surface area contributed by atoms with E-state index in [4.69, 9.17) is 4.42 Å². The first-order chi connectivity index (χ1) is 29.3. The fourth-order valence-corrected chi connectivity index (χ4v) is 9.27. The highest BCUT2D eigenvalue weighted by atomic mass is 16.3. The number of fused-ring (bicyclic) bond motifs is 9. The Labute approximate surface area is 341 Å². The molecule has 0 unspecified atom stereocenters. The van der Waals surface area contributed by atoms with Gasteiger partial charge in [-0.2, -0.15) is 0 Å². The monoisotopic (exact) mass is 752 g/mol. The Morgan fingerprint density at radius 1 is 0.356 bits per heavy atom. The minimum atomic E-state index is 0.891. The number of anilines is 3. The zero-order valence-corrected chi connectivity index (χ0v) is 32.1. The van der Waals surface area contributed by atoms with Gasteiger partial charge in [0.1, 0.15) is 11.1 Å². The van der Waals surface area contributed by atoms with Gasteiger partial charge in [0, 0.05) is 38.8 Å². The summed E-state index contributed by atoms with van der Waals surface area (Å²) in [6.45, 7) is 0. The number of aromatic nitrogens is 1. The minimum absolute atomic E-state index is 0.891. The summed E-state index contributed by atoms with van der Waals surface area (Å²) in [6, 6.07) is 78.6. The molecule has 276 valence electrons. The zero-order valence-electron chi connectivity index (χ0n) is 32.1. The van der Waals surface area contributed by atoms with Crippen molar-refractivity contribution in [3.8, 4) is 27.9 Å². The highest BCUT2D eigenvalue weighted by Crippen LogP contribution is 2.45. The van der Waals surface area contributed by atoms with Crippen LogP contribution < -0.4 is 4.90 Å². The largest absolute Gasteiger partial charge is 0.453 e. The van der Waals surface area contributed by atoms with Crippen LogP contribution in [0.5, 0.6) is 0 Å². The normalized spacial score (nSPS) is 11.7. The summed E-state index contributed by atoms with van der Waals surface area (Å²) in [5.41, 5.74) is 13.0. The molecule has 3 nitrogen and oxygen atoms in total. The van der Waals surface area contributed by atoms with Gasteiger partial charge in [-0.15, -0.1) is 0 Å². The van der Waals surface area contributed by atoms with Crippen LogP contribution in [0.1, 0.15) is 0 Å². The lowest BCUT2D eigenvalue weighted by Crippen LogP contribution is -2.10. The van der Waals surface area contributed by atoms with Crippen molar-refractivity contribution < 1.29 is 4.42 Å². The topological polar surface area (TPSA) is 21.3 Å². The van der Waals surface area contributed by atoms with Crippen molar-refractivity contribution in [2.75, 3.05) is 4.90 Å². The van der Waals surface area contributed by atoms with Gasteiger partial charge in [0.05, 0.1) is 11.2 Å². The molecule has 10 aromatic carbocycles. The lowest BCUT2D eigenvalue weighted by molar-refractivity contribution is 0.674. The van der Waals surface area contributed by atoms with Crippen LogP contribution in [-0.4, -0.2) is 4.57 Å². The van der Waals surface area contributed by atoms with Gasteiger partial charge >= 0.3 is 0 Å². The molecule has 0 atom stereocenters. The summed E-state index contributed by atoms with van der Waals surface area (Å²) < 4.78 is 9.24. The zero-order chi connectivity index (χ0) is 38.9. The van der Waals surface area contributed by atoms with E-state index in [1.807, 2.05) is 0 Å². The van der Waals surface area contributed by atoms with Crippen molar-refractivity contribution in [1.29, 1.82) is 0 Å². The minimum Gasteiger partial charge on any atom is -0.453 e. The van der Waals surface area contributed by atoms with Crippen LogP contribution in [0.4, 0.5) is 17.1 Å². The van der Waals surface area contributed by atoms with Gasteiger partial charge in [-0.05, 0) is 104 Å². The van der Waals surface area contributed by atoms with Crippen molar-refractivity contribution in [2.45, 2.75) is 0 Å². The Morgan fingerprint density at radius 2 is 0.898 bits per heavy atom. The molecule has 2 heterocycles. The third kappa shape index (κ3) is 5.29. The van der Waals surface area contributed by atoms with Crippen LogP contribution >= 0.6 is 0 Å². The Morgan fingerprint density at radius 3 is 1.66 bits per heavy atom. The summed E-state index contributed by atoms with van der Waals surface area (Å²) in [6.07, 6.45) is 0. The fourth-order valence-electron chi connectivity index (χ4n) is 9.27. The SMILES string of the molecule is c1ccc(-n2c3ccccc3c3oc4c(-c5ccc(N(c6ccc(-c7cccc8ccccc78)cc6)c6cc7ccccc7c7ccccc67)cc5)cccc4c32)cc1. The average Bonchev–Trinajstić information content (AvgIpc) is 3.85. The van der Waals surface area contributed by atoms with E-state index in [-0.39, 0.29) is 0 Å².